The smallest absolute Gasteiger partial charge is 0.0688 e. The molecule has 0 spiro atoms. The lowest BCUT2D eigenvalue weighted by molar-refractivity contribution is 0.953. The lowest BCUT2D eigenvalue weighted by Crippen LogP contribution is -2.63. The number of fused-ring (bicyclic) bond motifs is 3. The topological polar surface area (TPSA) is 0 Å². The molecule has 0 radical (unpaired) electrons. The second-order valence-corrected chi connectivity index (χ2v) is 26.9. The zero-order valence-corrected chi connectivity index (χ0v) is 20.5. The van der Waals surface area contributed by atoms with Gasteiger partial charge in [0.05, 0.1) is 24.2 Å². The standard InChI is InChI=1S/C22H34Si3/c1-23(2,3)17-14-15-19-18-12-10-11-13-20(18)22(21(19)16-17,24(4,5)6)25(7,8)9/h10-16H,1-9H3. The molecule has 0 saturated carbocycles. The Bertz CT molecular complexity index is 800. The van der Waals surface area contributed by atoms with Crippen LogP contribution in [-0.2, 0) is 4.66 Å². The van der Waals surface area contributed by atoms with E-state index < -0.39 is 24.2 Å². The van der Waals surface area contributed by atoms with Gasteiger partial charge in [-0.3, -0.25) is 0 Å². The number of hydrogen-bond acceptors (Lipinski definition) is 0. The molecular formula is C22H34Si3. The van der Waals surface area contributed by atoms with Crippen molar-refractivity contribution >= 4 is 29.4 Å². The maximum Gasteiger partial charge on any atom is 0.0776 e. The van der Waals surface area contributed by atoms with Crippen molar-refractivity contribution in [2.75, 3.05) is 0 Å². The van der Waals surface area contributed by atoms with E-state index in [9.17, 15) is 0 Å². The normalized spacial score (nSPS) is 16.5. The fourth-order valence-electron chi connectivity index (χ4n) is 5.49. The molecule has 0 atom stereocenters. The highest BCUT2D eigenvalue weighted by Crippen LogP contribution is 2.57. The molecule has 3 rings (SSSR count). The van der Waals surface area contributed by atoms with Crippen LogP contribution < -0.4 is 5.19 Å². The van der Waals surface area contributed by atoms with Crippen LogP contribution in [0.3, 0.4) is 0 Å². The maximum absolute atomic E-state index is 2.64. The van der Waals surface area contributed by atoms with Gasteiger partial charge in [0.15, 0.2) is 0 Å². The number of benzene rings is 2. The molecule has 0 aromatic heterocycles. The molecule has 0 nitrogen and oxygen atoms in total. The minimum absolute atomic E-state index is 0.293. The molecule has 3 heteroatoms. The molecule has 0 amide bonds. The summed E-state index contributed by atoms with van der Waals surface area (Å²) < 4.78 is 0.293. The summed E-state index contributed by atoms with van der Waals surface area (Å²) in [6.07, 6.45) is 0. The van der Waals surface area contributed by atoms with Crippen LogP contribution in [0.4, 0.5) is 0 Å². The molecule has 2 aromatic rings. The highest BCUT2D eigenvalue weighted by molar-refractivity contribution is 7.00. The summed E-state index contributed by atoms with van der Waals surface area (Å²) in [6, 6.07) is 16.8. The maximum atomic E-state index is 2.64. The molecule has 2 aromatic carbocycles. The van der Waals surface area contributed by atoms with Crippen LogP contribution in [-0.4, -0.2) is 24.2 Å². The zero-order valence-electron chi connectivity index (χ0n) is 17.5. The van der Waals surface area contributed by atoms with Gasteiger partial charge in [-0.05, 0) is 22.3 Å². The largest absolute Gasteiger partial charge is 0.0776 e. The Kier molecular flexibility index (Phi) is 4.18. The van der Waals surface area contributed by atoms with E-state index in [1.165, 1.54) is 11.1 Å². The first-order valence-electron chi connectivity index (χ1n) is 9.57. The minimum Gasteiger partial charge on any atom is -0.0688 e. The molecule has 0 saturated heterocycles. The third kappa shape index (κ3) is 2.58. The molecule has 0 unspecified atom stereocenters. The first-order valence-corrected chi connectivity index (χ1v) is 20.1. The van der Waals surface area contributed by atoms with Gasteiger partial charge in [0.1, 0.15) is 0 Å². The van der Waals surface area contributed by atoms with Crippen LogP contribution in [0.25, 0.3) is 11.1 Å². The van der Waals surface area contributed by atoms with Crippen LogP contribution in [0.5, 0.6) is 0 Å². The van der Waals surface area contributed by atoms with E-state index in [0.717, 1.165) is 0 Å². The van der Waals surface area contributed by atoms with E-state index in [-0.39, 0.29) is 0 Å². The van der Waals surface area contributed by atoms with Crippen molar-refractivity contribution in [1.29, 1.82) is 0 Å². The third-order valence-corrected chi connectivity index (χ3v) is 18.3. The first-order chi connectivity index (χ1) is 11.3. The van der Waals surface area contributed by atoms with E-state index in [1.54, 1.807) is 16.3 Å². The van der Waals surface area contributed by atoms with Crippen LogP contribution >= 0.6 is 0 Å². The van der Waals surface area contributed by atoms with Gasteiger partial charge in [-0.15, -0.1) is 0 Å². The second kappa shape index (κ2) is 5.54. The Morgan fingerprint density at radius 2 is 1.12 bits per heavy atom. The molecule has 0 aliphatic heterocycles. The number of hydrogen-bond donors (Lipinski definition) is 0. The molecule has 0 bridgehead atoms. The molecule has 1 aliphatic rings. The number of rotatable bonds is 3. The predicted octanol–water partition coefficient (Wildman–Crippen LogP) is 6.25. The van der Waals surface area contributed by atoms with Gasteiger partial charge in [0.2, 0.25) is 0 Å². The molecule has 0 heterocycles. The summed E-state index contributed by atoms with van der Waals surface area (Å²) in [5.74, 6) is 0. The van der Waals surface area contributed by atoms with Crippen molar-refractivity contribution in [1.82, 2.24) is 0 Å². The van der Waals surface area contributed by atoms with Crippen molar-refractivity contribution < 1.29 is 0 Å². The van der Waals surface area contributed by atoms with E-state index in [2.05, 4.69) is 101 Å². The molecular weight excluding hydrogens is 349 g/mol. The van der Waals surface area contributed by atoms with Gasteiger partial charge in [-0.2, -0.15) is 0 Å². The monoisotopic (exact) mass is 382 g/mol. The Hall–Kier alpha value is -0.909. The Labute approximate surface area is 157 Å². The molecule has 0 fully saturated rings. The summed E-state index contributed by atoms with van der Waals surface area (Å²) >= 11 is 0. The van der Waals surface area contributed by atoms with Crippen molar-refractivity contribution in [3.8, 4) is 11.1 Å². The van der Waals surface area contributed by atoms with Crippen LogP contribution in [0.1, 0.15) is 11.1 Å². The van der Waals surface area contributed by atoms with Gasteiger partial charge in [0, 0.05) is 4.66 Å². The van der Waals surface area contributed by atoms with Crippen molar-refractivity contribution in [2.45, 2.75) is 63.6 Å². The Balaban J connectivity index is 2.49. The van der Waals surface area contributed by atoms with Crippen LogP contribution in [0.15, 0.2) is 42.5 Å². The van der Waals surface area contributed by atoms with Crippen molar-refractivity contribution in [3.05, 3.63) is 53.6 Å². The highest BCUT2D eigenvalue weighted by atomic mass is 28.4. The van der Waals surface area contributed by atoms with Gasteiger partial charge < -0.3 is 0 Å². The zero-order chi connectivity index (χ0) is 18.8. The molecule has 134 valence electrons. The van der Waals surface area contributed by atoms with E-state index in [0.29, 0.717) is 4.66 Å². The van der Waals surface area contributed by atoms with E-state index >= 15 is 0 Å². The van der Waals surface area contributed by atoms with Gasteiger partial charge >= 0.3 is 0 Å². The quantitative estimate of drug-likeness (QED) is 0.550. The fourth-order valence-corrected chi connectivity index (χ4v) is 19.7. The summed E-state index contributed by atoms with van der Waals surface area (Å²) in [4.78, 5) is 0. The van der Waals surface area contributed by atoms with Crippen molar-refractivity contribution in [3.63, 3.8) is 0 Å². The van der Waals surface area contributed by atoms with Crippen molar-refractivity contribution in [2.24, 2.45) is 0 Å². The predicted molar refractivity (Wildman–Crippen MR) is 122 cm³/mol. The van der Waals surface area contributed by atoms with Crippen LogP contribution in [0.2, 0.25) is 58.9 Å². The van der Waals surface area contributed by atoms with Gasteiger partial charge in [-0.1, -0.05) is 107 Å². The van der Waals surface area contributed by atoms with E-state index in [1.807, 2.05) is 0 Å². The van der Waals surface area contributed by atoms with Crippen LogP contribution in [0, 0.1) is 0 Å². The molecule has 0 N–H and O–H groups in total. The lowest BCUT2D eigenvalue weighted by atomic mass is 10.1. The summed E-state index contributed by atoms with van der Waals surface area (Å²) in [5.41, 5.74) is 6.33. The SMILES string of the molecule is C[Si](C)(C)c1ccc2c(c1)C([Si](C)(C)C)([Si](C)(C)C)c1ccccc1-2. The minimum atomic E-state index is -1.52. The Morgan fingerprint density at radius 3 is 1.64 bits per heavy atom. The average Bonchev–Trinajstić information content (AvgIpc) is 2.76. The summed E-state index contributed by atoms with van der Waals surface area (Å²) in [5, 5.41) is 1.61. The second-order valence-electron chi connectivity index (χ2n) is 10.8. The Morgan fingerprint density at radius 1 is 0.600 bits per heavy atom. The summed E-state index contributed by atoms with van der Waals surface area (Å²) in [7, 11) is -4.36. The average molecular weight is 383 g/mol. The van der Waals surface area contributed by atoms with E-state index in [4.69, 9.17) is 0 Å². The first kappa shape index (κ1) is 18.9. The molecule has 25 heavy (non-hydrogen) atoms. The fraction of sp³-hybridized carbons (Fsp3) is 0.455. The summed E-state index contributed by atoms with van der Waals surface area (Å²) in [6.45, 7) is 23.0. The third-order valence-electron chi connectivity index (χ3n) is 6.16. The molecule has 1 aliphatic carbocycles. The lowest BCUT2D eigenvalue weighted by Gasteiger charge is -2.51. The highest BCUT2D eigenvalue weighted by Gasteiger charge is 2.59. The van der Waals surface area contributed by atoms with Gasteiger partial charge in [-0.25, -0.2) is 0 Å². The van der Waals surface area contributed by atoms with Gasteiger partial charge in [0.25, 0.3) is 0 Å².